The summed E-state index contributed by atoms with van der Waals surface area (Å²) >= 11 is 2.96. The summed E-state index contributed by atoms with van der Waals surface area (Å²) in [5.41, 5.74) is 0. The molecule has 1 amide bonds. The molecule has 1 aromatic carbocycles. The summed E-state index contributed by atoms with van der Waals surface area (Å²) in [5, 5.41) is 0. The van der Waals surface area contributed by atoms with Gasteiger partial charge in [0.25, 0.3) is 0 Å². The molecule has 1 rings (SSSR count). The van der Waals surface area contributed by atoms with Gasteiger partial charge in [-0.3, -0.25) is 4.79 Å². The lowest BCUT2D eigenvalue weighted by molar-refractivity contribution is -0.130. The summed E-state index contributed by atoms with van der Waals surface area (Å²) in [6.45, 7) is 4.86. The maximum Gasteiger partial charge on any atom is 0.240 e. The average Bonchev–Trinajstić information content (AvgIpc) is 2.43. The lowest BCUT2D eigenvalue weighted by atomic mass is 10.3. The molecule has 0 radical (unpaired) electrons. The van der Waals surface area contributed by atoms with Crippen molar-refractivity contribution >= 4 is 31.9 Å². The molecule has 0 aliphatic carbocycles. The smallest absolute Gasteiger partial charge is 0.240 e. The second-order valence-electron chi connectivity index (χ2n) is 4.29. The van der Waals surface area contributed by atoms with Gasteiger partial charge < -0.3 is 4.90 Å². The van der Waals surface area contributed by atoms with Crippen molar-refractivity contribution in [3.8, 4) is 0 Å². The fourth-order valence-corrected chi connectivity index (χ4v) is 3.04. The Balaban J connectivity index is 2.65. The Morgan fingerprint density at radius 1 is 1.33 bits per heavy atom. The van der Waals surface area contributed by atoms with Crippen molar-refractivity contribution < 1.29 is 17.6 Å². The Bertz CT molecular complexity index is 603. The van der Waals surface area contributed by atoms with Crippen molar-refractivity contribution in [3.05, 3.63) is 28.5 Å². The molecule has 0 spiro atoms. The summed E-state index contributed by atoms with van der Waals surface area (Å²) in [5.74, 6) is -0.776. The lowest BCUT2D eigenvalue weighted by Crippen LogP contribution is -2.34. The molecule has 0 saturated carbocycles. The number of nitrogens with one attached hydrogen (secondary N) is 1. The van der Waals surface area contributed by atoms with Gasteiger partial charge in [-0.25, -0.2) is 17.5 Å². The Labute approximate surface area is 132 Å². The van der Waals surface area contributed by atoms with E-state index in [4.69, 9.17) is 0 Å². The van der Waals surface area contributed by atoms with Crippen molar-refractivity contribution in [2.24, 2.45) is 0 Å². The van der Waals surface area contributed by atoms with E-state index in [2.05, 4.69) is 20.7 Å². The third-order valence-electron chi connectivity index (χ3n) is 2.95. The lowest BCUT2D eigenvalue weighted by Gasteiger charge is -2.18. The fourth-order valence-electron chi connectivity index (χ4n) is 1.75. The molecule has 0 atom stereocenters. The van der Waals surface area contributed by atoms with Gasteiger partial charge in [-0.15, -0.1) is 0 Å². The molecule has 0 saturated heterocycles. The van der Waals surface area contributed by atoms with E-state index in [9.17, 15) is 17.6 Å². The fraction of sp³-hybridized carbons (Fsp3) is 0.462. The van der Waals surface area contributed by atoms with Crippen LogP contribution in [0.15, 0.2) is 27.6 Å². The van der Waals surface area contributed by atoms with Crippen LogP contribution in [0, 0.1) is 5.82 Å². The molecule has 5 nitrogen and oxygen atoms in total. The number of hydrogen-bond donors (Lipinski definition) is 1. The Hall–Kier alpha value is -0.990. The first-order valence-electron chi connectivity index (χ1n) is 6.54. The summed E-state index contributed by atoms with van der Waals surface area (Å²) in [6.07, 6.45) is 0.0694. The van der Waals surface area contributed by atoms with Gasteiger partial charge in [-0.2, -0.15) is 0 Å². The summed E-state index contributed by atoms with van der Waals surface area (Å²) < 4.78 is 39.8. The summed E-state index contributed by atoms with van der Waals surface area (Å²) in [6, 6.07) is 3.55. The van der Waals surface area contributed by atoms with E-state index in [-0.39, 0.29) is 28.2 Å². The van der Waals surface area contributed by atoms with E-state index >= 15 is 0 Å². The third kappa shape index (κ3) is 5.05. The highest BCUT2D eigenvalue weighted by atomic mass is 79.9. The largest absolute Gasteiger partial charge is 0.343 e. The molecule has 0 bridgehead atoms. The van der Waals surface area contributed by atoms with Crippen molar-refractivity contribution in [2.75, 3.05) is 19.6 Å². The molecule has 21 heavy (non-hydrogen) atoms. The number of hydrogen-bond acceptors (Lipinski definition) is 3. The number of halogens is 2. The van der Waals surface area contributed by atoms with E-state index in [1.54, 1.807) is 4.90 Å². The zero-order valence-corrected chi connectivity index (χ0v) is 14.3. The van der Waals surface area contributed by atoms with Gasteiger partial charge >= 0.3 is 0 Å². The van der Waals surface area contributed by atoms with Gasteiger partial charge in [-0.05, 0) is 48.0 Å². The number of sulfonamides is 1. The molecule has 0 aromatic heterocycles. The number of carbonyl (C=O) groups is 1. The SMILES string of the molecule is CCN(CC)C(=O)CCNS(=O)(=O)c1ccc(Br)c(F)c1. The van der Waals surface area contributed by atoms with Crippen LogP contribution < -0.4 is 4.72 Å². The van der Waals surface area contributed by atoms with E-state index in [1.807, 2.05) is 13.8 Å². The van der Waals surface area contributed by atoms with Crippen molar-refractivity contribution in [2.45, 2.75) is 25.2 Å². The summed E-state index contributed by atoms with van der Waals surface area (Å²) in [4.78, 5) is 13.2. The normalized spacial score (nSPS) is 11.4. The number of rotatable bonds is 7. The number of amides is 1. The monoisotopic (exact) mass is 380 g/mol. The van der Waals surface area contributed by atoms with Crippen LogP contribution in [0.3, 0.4) is 0 Å². The van der Waals surface area contributed by atoms with Crippen LogP contribution in [0.5, 0.6) is 0 Å². The van der Waals surface area contributed by atoms with Gasteiger partial charge in [0.05, 0.1) is 9.37 Å². The number of nitrogens with zero attached hydrogens (tertiary/aromatic N) is 1. The number of carbonyl (C=O) groups excluding carboxylic acids is 1. The van der Waals surface area contributed by atoms with E-state index in [0.717, 1.165) is 6.07 Å². The van der Waals surface area contributed by atoms with Gasteiger partial charge in [0, 0.05) is 26.1 Å². The number of benzene rings is 1. The third-order valence-corrected chi connectivity index (χ3v) is 5.05. The highest BCUT2D eigenvalue weighted by molar-refractivity contribution is 9.10. The molecule has 0 heterocycles. The first-order valence-corrected chi connectivity index (χ1v) is 8.82. The average molecular weight is 381 g/mol. The zero-order chi connectivity index (χ0) is 16.0. The summed E-state index contributed by atoms with van der Waals surface area (Å²) in [7, 11) is -3.82. The van der Waals surface area contributed by atoms with Crippen molar-refractivity contribution in [1.82, 2.24) is 9.62 Å². The topological polar surface area (TPSA) is 66.5 Å². The van der Waals surface area contributed by atoms with Crippen LogP contribution in [0.2, 0.25) is 0 Å². The molecule has 0 unspecified atom stereocenters. The first-order chi connectivity index (χ1) is 9.81. The Kier molecular flexibility index (Phi) is 6.76. The van der Waals surface area contributed by atoms with Gasteiger partial charge in [-0.1, -0.05) is 0 Å². The molecular formula is C13H18BrFN2O3S. The van der Waals surface area contributed by atoms with E-state index in [0.29, 0.717) is 13.1 Å². The van der Waals surface area contributed by atoms with E-state index in [1.165, 1.54) is 12.1 Å². The predicted octanol–water partition coefficient (Wildman–Crippen LogP) is 2.12. The highest BCUT2D eigenvalue weighted by Gasteiger charge is 2.17. The first kappa shape index (κ1) is 18.1. The molecule has 118 valence electrons. The molecule has 8 heteroatoms. The van der Waals surface area contributed by atoms with Gasteiger partial charge in [0.2, 0.25) is 15.9 Å². The van der Waals surface area contributed by atoms with Gasteiger partial charge in [0.1, 0.15) is 5.82 Å². The van der Waals surface area contributed by atoms with Crippen LogP contribution in [-0.2, 0) is 14.8 Å². The minimum atomic E-state index is -3.82. The van der Waals surface area contributed by atoms with E-state index < -0.39 is 15.8 Å². The predicted molar refractivity (Wildman–Crippen MR) is 81.8 cm³/mol. The molecule has 0 aliphatic rings. The zero-order valence-electron chi connectivity index (χ0n) is 11.9. The molecule has 0 aliphatic heterocycles. The minimum absolute atomic E-state index is 0.0185. The van der Waals surface area contributed by atoms with Crippen LogP contribution in [0.25, 0.3) is 0 Å². The standard InChI is InChI=1S/C13H18BrFN2O3S/c1-3-17(4-2)13(18)7-8-16-21(19,20)10-5-6-11(14)12(15)9-10/h5-6,9,16H,3-4,7-8H2,1-2H3. The minimum Gasteiger partial charge on any atom is -0.343 e. The van der Waals surface area contributed by atoms with Crippen LogP contribution in [0.1, 0.15) is 20.3 Å². The maximum atomic E-state index is 13.4. The van der Waals surface area contributed by atoms with Crippen LogP contribution in [0.4, 0.5) is 4.39 Å². The highest BCUT2D eigenvalue weighted by Crippen LogP contribution is 2.19. The molecular weight excluding hydrogens is 363 g/mol. The Morgan fingerprint density at radius 2 is 1.95 bits per heavy atom. The van der Waals surface area contributed by atoms with Crippen LogP contribution >= 0.6 is 15.9 Å². The quantitative estimate of drug-likeness (QED) is 0.787. The van der Waals surface area contributed by atoms with Gasteiger partial charge in [0.15, 0.2) is 0 Å². The maximum absolute atomic E-state index is 13.4. The molecule has 1 N–H and O–H groups in total. The second-order valence-corrected chi connectivity index (χ2v) is 6.91. The van der Waals surface area contributed by atoms with Crippen molar-refractivity contribution in [3.63, 3.8) is 0 Å². The van der Waals surface area contributed by atoms with Crippen molar-refractivity contribution in [1.29, 1.82) is 0 Å². The Morgan fingerprint density at radius 3 is 2.48 bits per heavy atom. The molecule has 1 aromatic rings. The second kappa shape index (κ2) is 7.86. The van der Waals surface area contributed by atoms with Crippen LogP contribution in [-0.4, -0.2) is 38.9 Å². The molecule has 0 fully saturated rings.